The molecule has 2 fully saturated rings. The fraction of sp³-hybridized carbons (Fsp3) is 0.900. The van der Waals surface area contributed by atoms with E-state index in [9.17, 15) is 9.18 Å². The Morgan fingerprint density at radius 1 is 1.57 bits per heavy atom. The Labute approximate surface area is 82.9 Å². The summed E-state index contributed by atoms with van der Waals surface area (Å²) in [7, 11) is 1.76. The Morgan fingerprint density at radius 3 is 2.71 bits per heavy atom. The van der Waals surface area contributed by atoms with Gasteiger partial charge in [-0.15, -0.1) is 0 Å². The number of piperidine rings is 1. The zero-order valence-corrected chi connectivity index (χ0v) is 8.37. The molecule has 1 aliphatic carbocycles. The summed E-state index contributed by atoms with van der Waals surface area (Å²) in [5.41, 5.74) is -1.20. The molecule has 0 spiro atoms. The molecule has 0 bridgehead atoms. The smallest absolute Gasteiger partial charge is 0.321 e. The molecule has 1 heterocycles. The second-order valence-corrected chi connectivity index (χ2v) is 4.60. The van der Waals surface area contributed by atoms with Gasteiger partial charge in [0.05, 0.1) is 0 Å². The van der Waals surface area contributed by atoms with Crippen molar-refractivity contribution in [3.63, 3.8) is 0 Å². The normalized spacial score (nSPS) is 39.7. The van der Waals surface area contributed by atoms with Crippen LogP contribution in [0.2, 0.25) is 0 Å². The first-order valence-electron chi connectivity index (χ1n) is 5.15. The summed E-state index contributed by atoms with van der Waals surface area (Å²) in [4.78, 5) is 12.6. The monoisotopic (exact) mass is 201 g/mol. The SMILES string of the molecule is CN1CCC(F)(C2CC2)CC1C(=O)O. The van der Waals surface area contributed by atoms with Gasteiger partial charge >= 0.3 is 5.97 Å². The van der Waals surface area contributed by atoms with E-state index in [1.54, 1.807) is 11.9 Å². The van der Waals surface area contributed by atoms with Crippen LogP contribution < -0.4 is 0 Å². The van der Waals surface area contributed by atoms with E-state index in [0.717, 1.165) is 12.8 Å². The molecule has 0 aromatic rings. The van der Waals surface area contributed by atoms with Crippen LogP contribution in [-0.4, -0.2) is 41.3 Å². The van der Waals surface area contributed by atoms with Crippen molar-refractivity contribution in [2.45, 2.75) is 37.4 Å². The fourth-order valence-corrected chi connectivity index (χ4v) is 2.34. The van der Waals surface area contributed by atoms with E-state index in [4.69, 9.17) is 5.11 Å². The maximum Gasteiger partial charge on any atom is 0.321 e. The molecule has 4 heteroatoms. The van der Waals surface area contributed by atoms with Crippen LogP contribution in [-0.2, 0) is 4.79 Å². The van der Waals surface area contributed by atoms with Gasteiger partial charge < -0.3 is 5.11 Å². The topological polar surface area (TPSA) is 40.5 Å². The summed E-state index contributed by atoms with van der Waals surface area (Å²) >= 11 is 0. The first kappa shape index (κ1) is 9.90. The van der Waals surface area contributed by atoms with E-state index in [2.05, 4.69) is 0 Å². The van der Waals surface area contributed by atoms with Crippen LogP contribution in [0.4, 0.5) is 4.39 Å². The molecule has 0 aromatic carbocycles. The zero-order valence-electron chi connectivity index (χ0n) is 8.37. The number of rotatable bonds is 2. The Kier molecular flexibility index (Phi) is 2.26. The maximum atomic E-state index is 14.3. The second kappa shape index (κ2) is 3.19. The Hall–Kier alpha value is -0.640. The first-order chi connectivity index (χ1) is 6.53. The molecule has 1 saturated heterocycles. The van der Waals surface area contributed by atoms with Crippen molar-refractivity contribution in [2.75, 3.05) is 13.6 Å². The number of nitrogens with zero attached hydrogens (tertiary/aromatic N) is 1. The molecule has 0 amide bonds. The predicted molar refractivity (Wildman–Crippen MR) is 49.9 cm³/mol. The number of halogens is 1. The van der Waals surface area contributed by atoms with Gasteiger partial charge in [-0.1, -0.05) is 0 Å². The van der Waals surface area contributed by atoms with E-state index in [1.807, 2.05) is 0 Å². The summed E-state index contributed by atoms with van der Waals surface area (Å²) in [6, 6.07) is -0.630. The minimum atomic E-state index is -1.20. The van der Waals surface area contributed by atoms with Crippen molar-refractivity contribution in [2.24, 2.45) is 5.92 Å². The van der Waals surface area contributed by atoms with Crippen molar-refractivity contribution in [1.82, 2.24) is 4.90 Å². The largest absolute Gasteiger partial charge is 0.480 e. The summed E-state index contributed by atoms with van der Waals surface area (Å²) in [6.45, 7) is 0.559. The standard InChI is InChI=1S/C10H16FNO2/c1-12-5-4-10(11,7-2-3-7)6-8(12)9(13)14/h7-8H,2-6H2,1H3,(H,13,14). The van der Waals surface area contributed by atoms with E-state index >= 15 is 0 Å². The molecule has 2 aliphatic rings. The number of alkyl halides is 1. The van der Waals surface area contributed by atoms with E-state index in [0.29, 0.717) is 13.0 Å². The molecule has 1 N–H and O–H groups in total. The highest BCUT2D eigenvalue weighted by atomic mass is 19.1. The van der Waals surface area contributed by atoms with Crippen molar-refractivity contribution >= 4 is 5.97 Å². The summed E-state index contributed by atoms with van der Waals surface area (Å²) < 4.78 is 14.3. The molecule has 14 heavy (non-hydrogen) atoms. The maximum absolute atomic E-state index is 14.3. The van der Waals surface area contributed by atoms with Crippen LogP contribution in [0.5, 0.6) is 0 Å². The number of hydrogen-bond acceptors (Lipinski definition) is 2. The van der Waals surface area contributed by atoms with Crippen LogP contribution in [0.15, 0.2) is 0 Å². The van der Waals surface area contributed by atoms with Gasteiger partial charge in [0, 0.05) is 13.0 Å². The van der Waals surface area contributed by atoms with Gasteiger partial charge in [-0.3, -0.25) is 9.69 Å². The highest BCUT2D eigenvalue weighted by Crippen LogP contribution is 2.48. The molecule has 2 unspecified atom stereocenters. The second-order valence-electron chi connectivity index (χ2n) is 4.60. The number of likely N-dealkylation sites (N-methyl/N-ethyl adjacent to an activating group) is 1. The van der Waals surface area contributed by atoms with E-state index in [-0.39, 0.29) is 12.3 Å². The van der Waals surface area contributed by atoms with Crippen molar-refractivity contribution in [1.29, 1.82) is 0 Å². The molecule has 0 aromatic heterocycles. The molecule has 2 atom stereocenters. The lowest BCUT2D eigenvalue weighted by atomic mass is 9.84. The predicted octanol–water partition coefficient (Wildman–Crippen LogP) is 1.28. The van der Waals surface area contributed by atoms with Crippen molar-refractivity contribution < 1.29 is 14.3 Å². The molecular formula is C10H16FNO2. The number of hydrogen-bond donors (Lipinski definition) is 1. The lowest BCUT2D eigenvalue weighted by Gasteiger charge is -2.39. The Bertz CT molecular complexity index is 255. The average Bonchev–Trinajstić information content (AvgIpc) is 2.92. The van der Waals surface area contributed by atoms with Gasteiger partial charge in [0.2, 0.25) is 0 Å². The summed E-state index contributed by atoms with van der Waals surface area (Å²) in [6.07, 6.45) is 2.54. The minimum Gasteiger partial charge on any atom is -0.480 e. The zero-order chi connectivity index (χ0) is 10.3. The average molecular weight is 201 g/mol. The van der Waals surface area contributed by atoms with Crippen LogP contribution in [0.1, 0.15) is 25.7 Å². The molecule has 2 rings (SSSR count). The summed E-state index contributed by atoms with van der Waals surface area (Å²) in [5, 5.41) is 8.93. The van der Waals surface area contributed by atoms with Crippen LogP contribution in [0.3, 0.4) is 0 Å². The minimum absolute atomic E-state index is 0.137. The van der Waals surface area contributed by atoms with Gasteiger partial charge in [0.15, 0.2) is 0 Å². The molecular weight excluding hydrogens is 185 g/mol. The van der Waals surface area contributed by atoms with Crippen molar-refractivity contribution in [3.05, 3.63) is 0 Å². The molecule has 80 valence electrons. The van der Waals surface area contributed by atoms with Crippen molar-refractivity contribution in [3.8, 4) is 0 Å². The molecule has 3 nitrogen and oxygen atoms in total. The Morgan fingerprint density at radius 2 is 2.21 bits per heavy atom. The lowest BCUT2D eigenvalue weighted by molar-refractivity contribution is -0.147. The number of carboxylic acids is 1. The van der Waals surface area contributed by atoms with Crippen LogP contribution >= 0.6 is 0 Å². The third-order valence-corrected chi connectivity index (χ3v) is 3.54. The van der Waals surface area contributed by atoms with Gasteiger partial charge in [0.1, 0.15) is 11.7 Å². The highest BCUT2D eigenvalue weighted by Gasteiger charge is 2.50. The number of carboxylic acid groups (broad SMARTS) is 1. The molecule has 1 aliphatic heterocycles. The molecule has 0 radical (unpaired) electrons. The van der Waals surface area contributed by atoms with Gasteiger partial charge in [-0.25, -0.2) is 4.39 Å². The highest BCUT2D eigenvalue weighted by molar-refractivity contribution is 5.73. The van der Waals surface area contributed by atoms with Crippen LogP contribution in [0, 0.1) is 5.92 Å². The van der Waals surface area contributed by atoms with Crippen LogP contribution in [0.25, 0.3) is 0 Å². The number of aliphatic carboxylic acids is 1. The Balaban J connectivity index is 2.07. The number of likely N-dealkylation sites (tertiary alicyclic amines) is 1. The summed E-state index contributed by atoms with van der Waals surface area (Å²) in [5.74, 6) is -0.757. The number of carbonyl (C=O) groups is 1. The lowest BCUT2D eigenvalue weighted by Crippen LogP contribution is -2.51. The van der Waals surface area contributed by atoms with E-state index in [1.165, 1.54) is 0 Å². The van der Waals surface area contributed by atoms with E-state index < -0.39 is 17.7 Å². The third-order valence-electron chi connectivity index (χ3n) is 3.54. The quantitative estimate of drug-likeness (QED) is 0.731. The molecule has 1 saturated carbocycles. The van der Waals surface area contributed by atoms with Gasteiger partial charge in [-0.2, -0.15) is 0 Å². The first-order valence-corrected chi connectivity index (χ1v) is 5.15. The van der Waals surface area contributed by atoms with Gasteiger partial charge in [0.25, 0.3) is 0 Å². The van der Waals surface area contributed by atoms with Gasteiger partial charge in [-0.05, 0) is 32.2 Å². The fourth-order valence-electron chi connectivity index (χ4n) is 2.34. The third kappa shape index (κ3) is 1.63.